The third-order valence-electron chi connectivity index (χ3n) is 3.60. The van der Waals surface area contributed by atoms with Gasteiger partial charge in [0.2, 0.25) is 0 Å². The lowest BCUT2D eigenvalue weighted by atomic mass is 10.1. The predicted octanol–water partition coefficient (Wildman–Crippen LogP) is 1.97. The van der Waals surface area contributed by atoms with Crippen molar-refractivity contribution < 1.29 is 10.0 Å². The van der Waals surface area contributed by atoms with Crippen molar-refractivity contribution in [3.8, 4) is 6.07 Å². The molecule has 0 spiro atoms. The molecule has 0 fully saturated rings. The molecule has 7 heteroatoms. The van der Waals surface area contributed by atoms with Gasteiger partial charge in [0.25, 0.3) is 5.69 Å². The molecule has 1 aromatic rings. The van der Waals surface area contributed by atoms with Crippen LogP contribution in [-0.2, 0) is 0 Å². The summed E-state index contributed by atoms with van der Waals surface area (Å²) in [4.78, 5) is 12.4. The lowest BCUT2D eigenvalue weighted by molar-refractivity contribution is -0.384. The molecule has 120 valence electrons. The number of non-ortho nitro benzene ring substituents is 1. The van der Waals surface area contributed by atoms with E-state index in [0.717, 1.165) is 26.1 Å². The fraction of sp³-hybridized carbons (Fsp3) is 0.533. The quantitative estimate of drug-likeness (QED) is 0.534. The monoisotopic (exact) mass is 306 g/mol. The van der Waals surface area contributed by atoms with E-state index in [9.17, 15) is 15.2 Å². The molecule has 0 aliphatic rings. The third kappa shape index (κ3) is 4.98. The van der Waals surface area contributed by atoms with E-state index in [4.69, 9.17) is 5.26 Å². The van der Waals surface area contributed by atoms with E-state index < -0.39 is 4.92 Å². The Balaban J connectivity index is 2.78. The Bertz CT molecular complexity index is 538. The molecule has 0 amide bonds. The molecule has 0 aliphatic carbocycles. The van der Waals surface area contributed by atoms with Crippen LogP contribution < -0.4 is 5.32 Å². The topological polar surface area (TPSA) is 102 Å². The SMILES string of the molecule is CCN(CC)CC[C@@H](CO)Nc1ccc([N+](=O)[O-])cc1C#N. The van der Waals surface area contributed by atoms with Crippen LogP contribution in [0.5, 0.6) is 0 Å². The van der Waals surface area contributed by atoms with Gasteiger partial charge in [0.15, 0.2) is 0 Å². The second-order valence-electron chi connectivity index (χ2n) is 4.94. The molecule has 1 aromatic carbocycles. The summed E-state index contributed by atoms with van der Waals surface area (Å²) in [6.45, 7) is 6.80. The number of aliphatic hydroxyl groups excluding tert-OH is 1. The summed E-state index contributed by atoms with van der Waals surface area (Å²) in [5, 5.41) is 32.4. The first-order valence-electron chi connectivity index (χ1n) is 7.33. The average molecular weight is 306 g/mol. The van der Waals surface area contributed by atoms with E-state index in [1.807, 2.05) is 6.07 Å². The molecule has 2 N–H and O–H groups in total. The molecular weight excluding hydrogens is 284 g/mol. The number of nitrogens with zero attached hydrogens (tertiary/aromatic N) is 3. The van der Waals surface area contributed by atoms with Crippen LogP contribution in [0.1, 0.15) is 25.8 Å². The molecular formula is C15H22N4O3. The molecule has 0 heterocycles. The largest absolute Gasteiger partial charge is 0.394 e. The van der Waals surface area contributed by atoms with Crippen molar-refractivity contribution in [3.63, 3.8) is 0 Å². The number of nitrogens with one attached hydrogen (secondary N) is 1. The predicted molar refractivity (Wildman–Crippen MR) is 84.7 cm³/mol. The molecule has 0 saturated heterocycles. The molecule has 0 unspecified atom stereocenters. The number of nitro groups is 1. The van der Waals surface area contributed by atoms with Crippen LogP contribution in [0.25, 0.3) is 0 Å². The molecule has 0 saturated carbocycles. The second-order valence-corrected chi connectivity index (χ2v) is 4.94. The highest BCUT2D eigenvalue weighted by atomic mass is 16.6. The summed E-state index contributed by atoms with van der Waals surface area (Å²) in [5.74, 6) is 0. The summed E-state index contributed by atoms with van der Waals surface area (Å²) in [6, 6.07) is 5.85. The van der Waals surface area contributed by atoms with Crippen LogP contribution in [0.15, 0.2) is 18.2 Å². The van der Waals surface area contributed by atoms with Crippen LogP contribution >= 0.6 is 0 Å². The Morgan fingerprint density at radius 3 is 2.64 bits per heavy atom. The van der Waals surface area contributed by atoms with Gasteiger partial charge < -0.3 is 15.3 Å². The average Bonchev–Trinajstić information content (AvgIpc) is 2.54. The van der Waals surface area contributed by atoms with Gasteiger partial charge in [0.05, 0.1) is 28.8 Å². The highest BCUT2D eigenvalue weighted by Gasteiger charge is 2.14. The van der Waals surface area contributed by atoms with E-state index in [1.54, 1.807) is 0 Å². The molecule has 0 bridgehead atoms. The summed E-state index contributed by atoms with van der Waals surface area (Å²) in [5.41, 5.74) is 0.591. The molecule has 22 heavy (non-hydrogen) atoms. The van der Waals surface area contributed by atoms with Gasteiger partial charge in [0.1, 0.15) is 6.07 Å². The van der Waals surface area contributed by atoms with Gasteiger partial charge in [-0.15, -0.1) is 0 Å². The molecule has 0 aliphatic heterocycles. The van der Waals surface area contributed by atoms with Crippen molar-refractivity contribution in [3.05, 3.63) is 33.9 Å². The van der Waals surface area contributed by atoms with E-state index in [-0.39, 0.29) is 23.9 Å². The standard InChI is InChI=1S/C15H22N4O3/c1-3-18(4-2)8-7-13(11-20)17-15-6-5-14(19(21)22)9-12(15)10-16/h5-6,9,13,17,20H,3-4,7-8,11H2,1-2H3/t13-/m0/s1. The maximum Gasteiger partial charge on any atom is 0.270 e. The molecule has 1 atom stereocenters. The van der Waals surface area contributed by atoms with Gasteiger partial charge in [0, 0.05) is 18.7 Å². The first-order chi connectivity index (χ1) is 10.5. The molecule has 7 nitrogen and oxygen atoms in total. The zero-order valence-corrected chi connectivity index (χ0v) is 13.0. The van der Waals surface area contributed by atoms with Crippen molar-refractivity contribution in [2.45, 2.75) is 26.3 Å². The number of hydrogen-bond donors (Lipinski definition) is 2. The van der Waals surface area contributed by atoms with Crippen molar-refractivity contribution in [1.82, 2.24) is 4.90 Å². The normalized spacial score (nSPS) is 12.0. The minimum atomic E-state index is -0.533. The molecule has 1 rings (SSSR count). The fourth-order valence-electron chi connectivity index (χ4n) is 2.17. The first-order valence-corrected chi connectivity index (χ1v) is 7.33. The van der Waals surface area contributed by atoms with Gasteiger partial charge in [-0.25, -0.2) is 0 Å². The number of nitriles is 1. The Labute approximate surface area is 130 Å². The highest BCUT2D eigenvalue weighted by Crippen LogP contribution is 2.22. The van der Waals surface area contributed by atoms with E-state index >= 15 is 0 Å². The van der Waals surface area contributed by atoms with Crippen LogP contribution in [0.4, 0.5) is 11.4 Å². The van der Waals surface area contributed by atoms with Gasteiger partial charge in [-0.05, 0) is 25.6 Å². The van der Waals surface area contributed by atoms with Gasteiger partial charge in [-0.3, -0.25) is 10.1 Å². The molecule has 0 aromatic heterocycles. The zero-order chi connectivity index (χ0) is 16.5. The summed E-state index contributed by atoms with van der Waals surface area (Å²) in [7, 11) is 0. The summed E-state index contributed by atoms with van der Waals surface area (Å²) in [6.07, 6.45) is 0.722. The Hall–Kier alpha value is -2.17. The number of nitro benzene ring substituents is 1. The number of benzene rings is 1. The van der Waals surface area contributed by atoms with E-state index in [2.05, 4.69) is 24.1 Å². The summed E-state index contributed by atoms with van der Waals surface area (Å²) < 4.78 is 0. The number of anilines is 1. The second kappa shape index (κ2) is 8.97. The highest BCUT2D eigenvalue weighted by molar-refractivity contribution is 5.61. The first kappa shape index (κ1) is 17.9. The minimum Gasteiger partial charge on any atom is -0.394 e. The zero-order valence-electron chi connectivity index (χ0n) is 13.0. The van der Waals surface area contributed by atoms with Gasteiger partial charge in [-0.1, -0.05) is 13.8 Å². The van der Waals surface area contributed by atoms with Crippen molar-refractivity contribution >= 4 is 11.4 Å². The maximum atomic E-state index is 10.7. The Morgan fingerprint density at radius 2 is 2.14 bits per heavy atom. The smallest absolute Gasteiger partial charge is 0.270 e. The lowest BCUT2D eigenvalue weighted by Gasteiger charge is -2.23. The van der Waals surface area contributed by atoms with Crippen molar-refractivity contribution in [1.29, 1.82) is 5.26 Å². The molecule has 0 radical (unpaired) electrons. The van der Waals surface area contributed by atoms with Crippen LogP contribution in [-0.4, -0.2) is 47.2 Å². The lowest BCUT2D eigenvalue weighted by Crippen LogP contribution is -2.32. The Morgan fingerprint density at radius 1 is 1.45 bits per heavy atom. The maximum absolute atomic E-state index is 10.7. The van der Waals surface area contributed by atoms with Crippen molar-refractivity contribution in [2.75, 3.05) is 31.6 Å². The van der Waals surface area contributed by atoms with Gasteiger partial charge >= 0.3 is 0 Å². The van der Waals surface area contributed by atoms with Gasteiger partial charge in [-0.2, -0.15) is 5.26 Å². The Kier molecular flexibility index (Phi) is 7.29. The van der Waals surface area contributed by atoms with E-state index in [0.29, 0.717) is 5.69 Å². The summed E-state index contributed by atoms with van der Waals surface area (Å²) >= 11 is 0. The minimum absolute atomic E-state index is 0.0663. The van der Waals surface area contributed by atoms with Crippen LogP contribution in [0, 0.1) is 21.4 Å². The number of hydrogen-bond acceptors (Lipinski definition) is 6. The third-order valence-corrected chi connectivity index (χ3v) is 3.60. The van der Waals surface area contributed by atoms with Crippen LogP contribution in [0.3, 0.4) is 0 Å². The fourth-order valence-corrected chi connectivity index (χ4v) is 2.17. The van der Waals surface area contributed by atoms with Crippen molar-refractivity contribution in [2.24, 2.45) is 0 Å². The number of rotatable bonds is 9. The number of aliphatic hydroxyl groups is 1. The van der Waals surface area contributed by atoms with Crippen LogP contribution in [0.2, 0.25) is 0 Å². The van der Waals surface area contributed by atoms with E-state index in [1.165, 1.54) is 18.2 Å².